The largest absolute Gasteiger partial charge is 0.357 e. The quantitative estimate of drug-likeness (QED) is 0.368. The summed E-state index contributed by atoms with van der Waals surface area (Å²) in [5, 5.41) is 2.94. The molecule has 3 aromatic rings. The van der Waals surface area contributed by atoms with Gasteiger partial charge in [0.1, 0.15) is 12.6 Å². The third-order valence-electron chi connectivity index (χ3n) is 5.99. The first-order chi connectivity index (χ1) is 17.4. The molecule has 0 heterocycles. The van der Waals surface area contributed by atoms with Crippen LogP contribution >= 0.6 is 27.5 Å². The molecule has 0 saturated heterocycles. The maximum atomic E-state index is 13.8. The molecule has 0 fully saturated rings. The van der Waals surface area contributed by atoms with E-state index in [4.69, 9.17) is 11.6 Å². The molecule has 0 saturated carbocycles. The number of aryl methyl sites for hydroxylation is 2. The van der Waals surface area contributed by atoms with Gasteiger partial charge in [0.25, 0.3) is 10.0 Å². The number of rotatable bonds is 9. The summed E-state index contributed by atoms with van der Waals surface area (Å²) in [6.45, 7) is 4.86. The van der Waals surface area contributed by atoms with E-state index in [-0.39, 0.29) is 23.0 Å². The van der Waals surface area contributed by atoms with E-state index in [2.05, 4.69) is 21.2 Å². The fourth-order valence-corrected chi connectivity index (χ4v) is 5.75. The molecule has 1 N–H and O–H groups in total. The first-order valence-electron chi connectivity index (χ1n) is 11.5. The SMILES string of the molecule is CNC(=O)[C@@H](C)N(Cc1cccc(Br)c1)C(=O)CN(c1ccc(C)c(Cl)c1)S(=O)(=O)c1ccc(C)cc1. The molecule has 7 nitrogen and oxygen atoms in total. The monoisotopic (exact) mass is 605 g/mol. The predicted molar refractivity (Wildman–Crippen MR) is 150 cm³/mol. The molecule has 10 heteroatoms. The Morgan fingerprint density at radius 3 is 2.30 bits per heavy atom. The Bertz CT molecular complexity index is 1400. The van der Waals surface area contributed by atoms with Crippen molar-refractivity contribution < 1.29 is 18.0 Å². The van der Waals surface area contributed by atoms with Crippen molar-refractivity contribution in [3.05, 3.63) is 92.9 Å². The van der Waals surface area contributed by atoms with Gasteiger partial charge in [-0.25, -0.2) is 8.42 Å². The summed E-state index contributed by atoms with van der Waals surface area (Å²) in [6.07, 6.45) is 0. The topological polar surface area (TPSA) is 86.8 Å². The van der Waals surface area contributed by atoms with E-state index in [1.54, 1.807) is 38.1 Å². The van der Waals surface area contributed by atoms with Gasteiger partial charge < -0.3 is 10.2 Å². The molecule has 3 aromatic carbocycles. The minimum atomic E-state index is -4.14. The van der Waals surface area contributed by atoms with Crippen LogP contribution in [0.5, 0.6) is 0 Å². The lowest BCUT2D eigenvalue weighted by molar-refractivity contribution is -0.139. The maximum Gasteiger partial charge on any atom is 0.264 e. The van der Waals surface area contributed by atoms with Crippen molar-refractivity contribution in [3.63, 3.8) is 0 Å². The lowest BCUT2D eigenvalue weighted by Gasteiger charge is -2.32. The van der Waals surface area contributed by atoms with E-state index in [0.29, 0.717) is 5.02 Å². The van der Waals surface area contributed by atoms with Gasteiger partial charge in [0.05, 0.1) is 10.6 Å². The minimum absolute atomic E-state index is 0.0421. The summed E-state index contributed by atoms with van der Waals surface area (Å²) < 4.78 is 29.4. The number of hydrogen-bond acceptors (Lipinski definition) is 4. The van der Waals surface area contributed by atoms with Crippen LogP contribution in [0, 0.1) is 13.8 Å². The number of carbonyl (C=O) groups is 2. The van der Waals surface area contributed by atoms with Crippen LogP contribution in [0.4, 0.5) is 5.69 Å². The van der Waals surface area contributed by atoms with Gasteiger partial charge in [0.15, 0.2) is 0 Å². The number of hydrogen-bond donors (Lipinski definition) is 1. The minimum Gasteiger partial charge on any atom is -0.357 e. The normalized spacial score (nSPS) is 12.1. The molecule has 0 unspecified atom stereocenters. The first kappa shape index (κ1) is 28.7. The maximum absolute atomic E-state index is 13.8. The van der Waals surface area contributed by atoms with Gasteiger partial charge >= 0.3 is 0 Å². The number of halogens is 2. The zero-order chi connectivity index (χ0) is 27.3. The molecule has 196 valence electrons. The molecule has 0 aliphatic rings. The number of nitrogens with one attached hydrogen (secondary N) is 1. The molecule has 0 aliphatic carbocycles. The molecule has 2 amide bonds. The highest BCUT2D eigenvalue weighted by Gasteiger charge is 2.32. The average molecular weight is 607 g/mol. The van der Waals surface area contributed by atoms with Crippen LogP contribution < -0.4 is 9.62 Å². The highest BCUT2D eigenvalue weighted by atomic mass is 79.9. The number of sulfonamides is 1. The van der Waals surface area contributed by atoms with Crippen molar-refractivity contribution in [2.75, 3.05) is 17.9 Å². The van der Waals surface area contributed by atoms with E-state index in [9.17, 15) is 18.0 Å². The van der Waals surface area contributed by atoms with Crippen LogP contribution in [-0.2, 0) is 26.2 Å². The van der Waals surface area contributed by atoms with Crippen molar-refractivity contribution in [1.82, 2.24) is 10.2 Å². The van der Waals surface area contributed by atoms with E-state index in [1.807, 2.05) is 31.2 Å². The number of anilines is 1. The molecular formula is C27H29BrClN3O4S. The predicted octanol–water partition coefficient (Wildman–Crippen LogP) is 5.08. The van der Waals surface area contributed by atoms with Crippen LogP contribution in [-0.4, -0.2) is 44.8 Å². The van der Waals surface area contributed by atoms with Crippen molar-refractivity contribution >= 4 is 55.1 Å². The van der Waals surface area contributed by atoms with Crippen LogP contribution in [0.25, 0.3) is 0 Å². The third-order valence-corrected chi connectivity index (χ3v) is 8.68. The second kappa shape index (κ2) is 12.1. The van der Waals surface area contributed by atoms with E-state index in [1.165, 1.54) is 30.1 Å². The Labute approximate surface area is 231 Å². The summed E-state index contributed by atoms with van der Waals surface area (Å²) >= 11 is 9.76. The van der Waals surface area contributed by atoms with E-state index in [0.717, 1.165) is 25.5 Å². The Hall–Kier alpha value is -2.88. The summed E-state index contributed by atoms with van der Waals surface area (Å²) in [6, 6.07) is 17.8. The van der Waals surface area contributed by atoms with Crippen LogP contribution in [0.15, 0.2) is 76.1 Å². The van der Waals surface area contributed by atoms with Crippen LogP contribution in [0.3, 0.4) is 0 Å². The van der Waals surface area contributed by atoms with Crippen molar-refractivity contribution in [1.29, 1.82) is 0 Å². The van der Waals surface area contributed by atoms with Crippen molar-refractivity contribution in [2.24, 2.45) is 0 Å². The smallest absolute Gasteiger partial charge is 0.264 e. The summed E-state index contributed by atoms with van der Waals surface area (Å²) in [5.41, 5.74) is 2.71. The first-order valence-corrected chi connectivity index (χ1v) is 14.2. The van der Waals surface area contributed by atoms with Gasteiger partial charge in [0.2, 0.25) is 11.8 Å². The number of benzene rings is 3. The molecule has 0 bridgehead atoms. The zero-order valence-corrected chi connectivity index (χ0v) is 24.2. The highest BCUT2D eigenvalue weighted by molar-refractivity contribution is 9.10. The van der Waals surface area contributed by atoms with Crippen LogP contribution in [0.2, 0.25) is 5.02 Å². The number of carbonyl (C=O) groups excluding carboxylic acids is 2. The Balaban J connectivity index is 2.06. The second-order valence-electron chi connectivity index (χ2n) is 8.70. The summed E-state index contributed by atoms with van der Waals surface area (Å²) in [7, 11) is -2.65. The Morgan fingerprint density at radius 1 is 1.03 bits per heavy atom. The van der Waals surface area contributed by atoms with E-state index < -0.39 is 28.5 Å². The summed E-state index contributed by atoms with van der Waals surface area (Å²) in [4.78, 5) is 27.7. The highest BCUT2D eigenvalue weighted by Crippen LogP contribution is 2.29. The number of likely N-dealkylation sites (N-methyl/N-ethyl adjacent to an activating group) is 1. The van der Waals surface area contributed by atoms with Gasteiger partial charge in [0, 0.05) is 23.1 Å². The van der Waals surface area contributed by atoms with Gasteiger partial charge in [-0.1, -0.05) is 63.4 Å². The molecule has 0 aromatic heterocycles. The van der Waals surface area contributed by atoms with Gasteiger partial charge in [-0.2, -0.15) is 0 Å². The lowest BCUT2D eigenvalue weighted by atomic mass is 10.1. The van der Waals surface area contributed by atoms with Crippen molar-refractivity contribution in [3.8, 4) is 0 Å². The zero-order valence-electron chi connectivity index (χ0n) is 21.0. The third kappa shape index (κ3) is 6.91. The molecule has 0 aliphatic heterocycles. The molecule has 3 rings (SSSR count). The number of nitrogens with zero attached hydrogens (tertiary/aromatic N) is 2. The fourth-order valence-electron chi connectivity index (χ4n) is 3.73. The average Bonchev–Trinajstić information content (AvgIpc) is 2.86. The molecule has 37 heavy (non-hydrogen) atoms. The van der Waals surface area contributed by atoms with Gasteiger partial charge in [-0.05, 0) is 68.3 Å². The van der Waals surface area contributed by atoms with Crippen molar-refractivity contribution in [2.45, 2.75) is 38.3 Å². The second-order valence-corrected chi connectivity index (χ2v) is 11.9. The lowest BCUT2D eigenvalue weighted by Crippen LogP contribution is -2.50. The Morgan fingerprint density at radius 2 is 1.70 bits per heavy atom. The van der Waals surface area contributed by atoms with Gasteiger partial charge in [-0.15, -0.1) is 0 Å². The molecule has 0 spiro atoms. The van der Waals surface area contributed by atoms with E-state index >= 15 is 0 Å². The van der Waals surface area contributed by atoms with Crippen LogP contribution in [0.1, 0.15) is 23.6 Å². The Kier molecular flexibility index (Phi) is 9.39. The molecule has 0 radical (unpaired) electrons. The van der Waals surface area contributed by atoms with Gasteiger partial charge in [-0.3, -0.25) is 13.9 Å². The molecule has 1 atom stereocenters. The standard InChI is InChI=1S/C27H29BrClN3O4S/c1-18-8-12-24(13-9-18)37(35,36)32(23-11-10-19(2)25(29)15-23)17-26(33)31(20(3)27(34)30-4)16-21-6-5-7-22(28)14-21/h5-15,20H,16-17H2,1-4H3,(H,30,34)/t20-/m1/s1. The molecular weight excluding hydrogens is 578 g/mol. The summed E-state index contributed by atoms with van der Waals surface area (Å²) in [5.74, 6) is -0.905. The fraction of sp³-hybridized carbons (Fsp3) is 0.259. The number of amides is 2.